The molecule has 0 N–H and O–H groups in total. The number of epoxide rings is 1. The normalized spacial score (nSPS) is 27.0. The Balaban J connectivity index is 1.64. The Kier molecular flexibility index (Phi) is 6.10. The Bertz CT molecular complexity index is 383. The van der Waals surface area contributed by atoms with E-state index < -0.39 is 0 Å². The van der Waals surface area contributed by atoms with Gasteiger partial charge in [-0.3, -0.25) is 0 Å². The van der Waals surface area contributed by atoms with Gasteiger partial charge >= 0.3 is 0 Å². The monoisotopic (exact) mass is 290 g/mol. The molecule has 2 fully saturated rings. The van der Waals surface area contributed by atoms with E-state index in [-0.39, 0.29) is 5.60 Å². The van der Waals surface area contributed by atoms with Gasteiger partial charge in [0.05, 0.1) is 11.7 Å². The molecule has 21 heavy (non-hydrogen) atoms. The van der Waals surface area contributed by atoms with E-state index in [2.05, 4.69) is 39.8 Å². The van der Waals surface area contributed by atoms with E-state index in [1.54, 1.807) is 5.57 Å². The Morgan fingerprint density at radius 3 is 2.33 bits per heavy atom. The quantitative estimate of drug-likeness (QED) is 0.402. The molecule has 2 aliphatic rings. The number of hydrogen-bond acceptors (Lipinski definition) is 1. The molecule has 2 rings (SSSR count). The fourth-order valence-corrected chi connectivity index (χ4v) is 3.41. The molecule has 1 aliphatic carbocycles. The summed E-state index contributed by atoms with van der Waals surface area (Å²) in [5.74, 6) is 0.966. The number of allylic oxidation sites excluding steroid dienone is 4. The predicted molar refractivity (Wildman–Crippen MR) is 91.5 cm³/mol. The molecule has 1 aliphatic heterocycles. The molecule has 0 amide bonds. The van der Waals surface area contributed by atoms with Gasteiger partial charge in [-0.25, -0.2) is 0 Å². The van der Waals surface area contributed by atoms with Crippen molar-refractivity contribution in [1.29, 1.82) is 0 Å². The standard InChI is InChI=1S/C20H34O/c1-16(12-14-18-8-6-5-7-9-18)10-11-17(2)13-15-19-20(3,4)21-19/h11-12,18-19H,5-10,13-15H2,1-4H3/b16-12+,17-11+. The van der Waals surface area contributed by atoms with Crippen molar-refractivity contribution in [3.63, 3.8) is 0 Å². The molecule has 0 bridgehead atoms. The molecule has 1 saturated heterocycles. The minimum Gasteiger partial charge on any atom is -0.367 e. The molecule has 0 spiro atoms. The Labute approximate surface area is 131 Å². The van der Waals surface area contributed by atoms with E-state index in [9.17, 15) is 0 Å². The Morgan fingerprint density at radius 1 is 1.05 bits per heavy atom. The largest absolute Gasteiger partial charge is 0.367 e. The van der Waals surface area contributed by atoms with Crippen LogP contribution in [0, 0.1) is 5.92 Å². The average Bonchev–Trinajstić information content (AvgIpc) is 3.09. The van der Waals surface area contributed by atoms with Gasteiger partial charge in [0.15, 0.2) is 0 Å². The van der Waals surface area contributed by atoms with Gasteiger partial charge in [0.2, 0.25) is 0 Å². The summed E-state index contributed by atoms with van der Waals surface area (Å²) in [5.41, 5.74) is 3.21. The van der Waals surface area contributed by atoms with Crippen LogP contribution in [-0.2, 0) is 4.74 Å². The molecule has 0 aromatic heterocycles. The fourth-order valence-electron chi connectivity index (χ4n) is 3.41. The van der Waals surface area contributed by atoms with Crippen LogP contribution in [0.15, 0.2) is 23.3 Å². The number of ether oxygens (including phenoxy) is 1. The molecule has 1 atom stereocenters. The first kappa shape index (κ1) is 16.8. The van der Waals surface area contributed by atoms with Crippen molar-refractivity contribution in [2.75, 3.05) is 0 Å². The number of hydrogen-bond donors (Lipinski definition) is 0. The lowest BCUT2D eigenvalue weighted by atomic mass is 9.86. The lowest BCUT2D eigenvalue weighted by Gasteiger charge is -2.20. The molecule has 0 radical (unpaired) electrons. The van der Waals surface area contributed by atoms with Crippen molar-refractivity contribution >= 4 is 0 Å². The SMILES string of the molecule is C/C(=C\CC1CCCCC1)C/C=C(\C)CCC1OC1(C)C. The second-order valence-electron chi connectivity index (χ2n) is 7.79. The summed E-state index contributed by atoms with van der Waals surface area (Å²) in [4.78, 5) is 0. The highest BCUT2D eigenvalue weighted by atomic mass is 16.6. The van der Waals surface area contributed by atoms with Gasteiger partial charge in [0.1, 0.15) is 0 Å². The second-order valence-corrected chi connectivity index (χ2v) is 7.79. The topological polar surface area (TPSA) is 12.5 Å². The Hall–Kier alpha value is -0.560. The summed E-state index contributed by atoms with van der Waals surface area (Å²) in [5, 5.41) is 0. The van der Waals surface area contributed by atoms with Gasteiger partial charge in [-0.05, 0) is 59.3 Å². The van der Waals surface area contributed by atoms with Crippen LogP contribution in [-0.4, -0.2) is 11.7 Å². The minimum atomic E-state index is 0.149. The van der Waals surface area contributed by atoms with Crippen LogP contribution < -0.4 is 0 Å². The lowest BCUT2D eigenvalue weighted by molar-refractivity contribution is 0.320. The summed E-state index contributed by atoms with van der Waals surface area (Å²) < 4.78 is 5.65. The van der Waals surface area contributed by atoms with Crippen molar-refractivity contribution in [2.24, 2.45) is 5.92 Å². The fraction of sp³-hybridized carbons (Fsp3) is 0.800. The number of rotatable bonds is 7. The summed E-state index contributed by atoms with van der Waals surface area (Å²) in [7, 11) is 0. The van der Waals surface area contributed by atoms with E-state index in [1.807, 2.05) is 0 Å². The highest BCUT2D eigenvalue weighted by Crippen LogP contribution is 2.39. The maximum atomic E-state index is 5.65. The summed E-state index contributed by atoms with van der Waals surface area (Å²) in [6.45, 7) is 8.94. The van der Waals surface area contributed by atoms with E-state index in [4.69, 9.17) is 4.74 Å². The first-order chi connectivity index (χ1) is 9.97. The summed E-state index contributed by atoms with van der Waals surface area (Å²) in [6.07, 6.45) is 17.5. The summed E-state index contributed by atoms with van der Waals surface area (Å²) >= 11 is 0. The molecule has 0 aromatic carbocycles. The van der Waals surface area contributed by atoms with Crippen LogP contribution in [0.2, 0.25) is 0 Å². The van der Waals surface area contributed by atoms with E-state index in [0.29, 0.717) is 6.10 Å². The van der Waals surface area contributed by atoms with E-state index >= 15 is 0 Å². The Morgan fingerprint density at radius 2 is 1.71 bits per heavy atom. The second kappa shape index (κ2) is 7.63. The van der Waals surface area contributed by atoms with Crippen LogP contribution in [0.4, 0.5) is 0 Å². The van der Waals surface area contributed by atoms with Crippen molar-refractivity contribution < 1.29 is 4.74 Å². The smallest absolute Gasteiger partial charge is 0.0892 e. The van der Waals surface area contributed by atoms with Gasteiger partial charge in [0.25, 0.3) is 0 Å². The van der Waals surface area contributed by atoms with Crippen LogP contribution in [0.5, 0.6) is 0 Å². The molecule has 1 saturated carbocycles. The molecule has 120 valence electrons. The van der Waals surface area contributed by atoms with Gasteiger partial charge in [-0.2, -0.15) is 0 Å². The van der Waals surface area contributed by atoms with Crippen LogP contribution in [0.1, 0.15) is 85.5 Å². The molecule has 1 heterocycles. The first-order valence-corrected chi connectivity index (χ1v) is 8.96. The van der Waals surface area contributed by atoms with Gasteiger partial charge in [-0.15, -0.1) is 0 Å². The zero-order valence-electron chi connectivity index (χ0n) is 14.6. The maximum absolute atomic E-state index is 5.65. The van der Waals surface area contributed by atoms with Gasteiger partial charge in [-0.1, -0.05) is 55.4 Å². The van der Waals surface area contributed by atoms with Crippen LogP contribution >= 0.6 is 0 Å². The van der Waals surface area contributed by atoms with Gasteiger partial charge in [0, 0.05) is 0 Å². The zero-order chi connectivity index (χ0) is 15.3. The van der Waals surface area contributed by atoms with Crippen molar-refractivity contribution in [3.05, 3.63) is 23.3 Å². The van der Waals surface area contributed by atoms with E-state index in [1.165, 1.54) is 56.9 Å². The van der Waals surface area contributed by atoms with Crippen molar-refractivity contribution in [1.82, 2.24) is 0 Å². The summed E-state index contributed by atoms with van der Waals surface area (Å²) in [6, 6.07) is 0. The average molecular weight is 290 g/mol. The third-order valence-electron chi connectivity index (χ3n) is 5.26. The molecule has 1 heteroatoms. The lowest BCUT2D eigenvalue weighted by Crippen LogP contribution is -2.04. The molecule has 0 aromatic rings. The molecule has 1 nitrogen and oxygen atoms in total. The molecular formula is C20H34O. The zero-order valence-corrected chi connectivity index (χ0v) is 14.6. The predicted octanol–water partition coefficient (Wildman–Crippen LogP) is 6.20. The third-order valence-corrected chi connectivity index (χ3v) is 5.26. The first-order valence-electron chi connectivity index (χ1n) is 8.96. The van der Waals surface area contributed by atoms with Gasteiger partial charge < -0.3 is 4.74 Å². The van der Waals surface area contributed by atoms with Crippen molar-refractivity contribution in [2.45, 2.75) is 97.2 Å². The highest BCUT2D eigenvalue weighted by molar-refractivity contribution is 5.10. The van der Waals surface area contributed by atoms with Crippen molar-refractivity contribution in [3.8, 4) is 0 Å². The van der Waals surface area contributed by atoms with Crippen LogP contribution in [0.25, 0.3) is 0 Å². The highest BCUT2D eigenvalue weighted by Gasteiger charge is 2.46. The molecular weight excluding hydrogens is 256 g/mol. The minimum absolute atomic E-state index is 0.149. The van der Waals surface area contributed by atoms with Crippen LogP contribution in [0.3, 0.4) is 0 Å². The third kappa shape index (κ3) is 5.98. The molecule has 1 unspecified atom stereocenters. The maximum Gasteiger partial charge on any atom is 0.0892 e. The van der Waals surface area contributed by atoms with E-state index in [0.717, 1.165) is 12.3 Å².